The Morgan fingerprint density at radius 3 is 2.23 bits per heavy atom. The molecule has 142 valence electrons. The Kier molecular flexibility index (Phi) is 6.89. The molecule has 26 heavy (non-hydrogen) atoms. The number of carbonyl (C=O) groups is 2. The van der Waals surface area contributed by atoms with Gasteiger partial charge < -0.3 is 15.1 Å². The van der Waals surface area contributed by atoms with Crippen molar-refractivity contribution in [2.24, 2.45) is 0 Å². The molecule has 0 spiro atoms. The first kappa shape index (κ1) is 18.7. The van der Waals surface area contributed by atoms with E-state index < -0.39 is 0 Å². The first-order valence-electron chi connectivity index (χ1n) is 9.79. The Balaban J connectivity index is 1.33. The van der Waals surface area contributed by atoms with Gasteiger partial charge in [0.05, 0.1) is 0 Å². The largest absolute Gasteiger partial charge is 0.343 e. The summed E-state index contributed by atoms with van der Waals surface area (Å²) in [6, 6.07) is 9.95. The summed E-state index contributed by atoms with van der Waals surface area (Å²) in [5.41, 5.74) is 1.11. The van der Waals surface area contributed by atoms with E-state index in [2.05, 4.69) is 10.2 Å². The van der Waals surface area contributed by atoms with Crippen molar-refractivity contribution in [3.8, 4) is 0 Å². The maximum Gasteiger partial charge on any atom is 0.317 e. The third-order valence-corrected chi connectivity index (χ3v) is 5.30. The average Bonchev–Trinajstić information content (AvgIpc) is 2.72. The summed E-state index contributed by atoms with van der Waals surface area (Å²) in [4.78, 5) is 30.7. The van der Waals surface area contributed by atoms with Crippen LogP contribution in [0.25, 0.3) is 0 Å². The van der Waals surface area contributed by atoms with Crippen LogP contribution in [-0.4, -0.2) is 72.5 Å². The highest BCUT2D eigenvalue weighted by Crippen LogP contribution is 2.11. The third-order valence-electron chi connectivity index (χ3n) is 5.30. The molecule has 0 bridgehead atoms. The van der Waals surface area contributed by atoms with Gasteiger partial charge >= 0.3 is 6.03 Å². The van der Waals surface area contributed by atoms with Gasteiger partial charge in [-0.25, -0.2) is 4.79 Å². The first-order valence-corrected chi connectivity index (χ1v) is 9.79. The molecule has 6 nitrogen and oxygen atoms in total. The molecular formula is C20H30N4O2. The lowest BCUT2D eigenvalue weighted by atomic mass is 10.1. The van der Waals surface area contributed by atoms with Crippen molar-refractivity contribution in [2.75, 3.05) is 45.8 Å². The SMILES string of the molecule is O=C(CCN1CCN(C(=O)NCc2ccccc2)CC1)N1CCCCC1. The molecule has 2 fully saturated rings. The molecule has 0 radical (unpaired) electrons. The van der Waals surface area contributed by atoms with E-state index in [9.17, 15) is 9.59 Å². The summed E-state index contributed by atoms with van der Waals surface area (Å²) in [5, 5.41) is 2.98. The van der Waals surface area contributed by atoms with Crippen molar-refractivity contribution >= 4 is 11.9 Å². The monoisotopic (exact) mass is 358 g/mol. The molecule has 2 heterocycles. The second-order valence-corrected chi connectivity index (χ2v) is 7.16. The van der Waals surface area contributed by atoms with E-state index >= 15 is 0 Å². The van der Waals surface area contributed by atoms with Gasteiger partial charge in [-0.2, -0.15) is 0 Å². The second-order valence-electron chi connectivity index (χ2n) is 7.16. The van der Waals surface area contributed by atoms with E-state index in [1.54, 1.807) is 0 Å². The molecule has 0 unspecified atom stereocenters. The fourth-order valence-corrected chi connectivity index (χ4v) is 3.62. The number of rotatable bonds is 5. The Labute approximate surface area is 156 Å². The first-order chi connectivity index (χ1) is 12.7. The number of hydrogen-bond acceptors (Lipinski definition) is 3. The van der Waals surface area contributed by atoms with Crippen LogP contribution in [0.15, 0.2) is 30.3 Å². The minimum atomic E-state index is -0.00195. The van der Waals surface area contributed by atoms with E-state index in [0.29, 0.717) is 13.0 Å². The summed E-state index contributed by atoms with van der Waals surface area (Å²) >= 11 is 0. The zero-order valence-electron chi connectivity index (χ0n) is 15.5. The van der Waals surface area contributed by atoms with E-state index in [1.807, 2.05) is 40.1 Å². The van der Waals surface area contributed by atoms with E-state index in [0.717, 1.165) is 64.2 Å². The normalized spacial score (nSPS) is 18.6. The summed E-state index contributed by atoms with van der Waals surface area (Å²) in [5.74, 6) is 0.285. The molecule has 0 aromatic heterocycles. The topological polar surface area (TPSA) is 55.9 Å². The maximum atomic E-state index is 12.3. The van der Waals surface area contributed by atoms with E-state index in [-0.39, 0.29) is 11.9 Å². The second kappa shape index (κ2) is 9.57. The van der Waals surface area contributed by atoms with Gasteiger partial charge in [0.1, 0.15) is 0 Å². The van der Waals surface area contributed by atoms with Crippen LogP contribution in [0.4, 0.5) is 4.79 Å². The summed E-state index contributed by atoms with van der Waals surface area (Å²) in [7, 11) is 0. The van der Waals surface area contributed by atoms with Crippen molar-refractivity contribution in [2.45, 2.75) is 32.2 Å². The van der Waals surface area contributed by atoms with Gasteiger partial charge in [0.25, 0.3) is 0 Å². The zero-order valence-corrected chi connectivity index (χ0v) is 15.5. The number of nitrogens with one attached hydrogen (secondary N) is 1. The molecule has 0 saturated carbocycles. The minimum absolute atomic E-state index is 0.00195. The van der Waals surface area contributed by atoms with Crippen LogP contribution in [0.5, 0.6) is 0 Å². The number of amides is 3. The lowest BCUT2D eigenvalue weighted by Gasteiger charge is -2.35. The lowest BCUT2D eigenvalue weighted by Crippen LogP contribution is -2.52. The maximum absolute atomic E-state index is 12.3. The van der Waals surface area contributed by atoms with Crippen LogP contribution < -0.4 is 5.32 Å². The molecule has 0 atom stereocenters. The number of nitrogens with zero attached hydrogens (tertiary/aromatic N) is 3. The van der Waals surface area contributed by atoms with Crippen molar-refractivity contribution in [3.63, 3.8) is 0 Å². The molecule has 0 aliphatic carbocycles. The highest BCUT2D eigenvalue weighted by molar-refractivity contribution is 5.76. The minimum Gasteiger partial charge on any atom is -0.343 e. The predicted molar refractivity (Wildman–Crippen MR) is 102 cm³/mol. The zero-order chi connectivity index (χ0) is 18.2. The number of piperidine rings is 1. The highest BCUT2D eigenvalue weighted by atomic mass is 16.2. The van der Waals surface area contributed by atoms with Gasteiger partial charge in [-0.05, 0) is 24.8 Å². The van der Waals surface area contributed by atoms with Crippen molar-refractivity contribution in [3.05, 3.63) is 35.9 Å². The average molecular weight is 358 g/mol. The fourth-order valence-electron chi connectivity index (χ4n) is 3.62. The molecule has 1 N–H and O–H groups in total. The number of urea groups is 1. The van der Waals surface area contributed by atoms with Crippen molar-refractivity contribution < 1.29 is 9.59 Å². The van der Waals surface area contributed by atoms with Crippen LogP contribution in [0, 0.1) is 0 Å². The molecule has 2 aliphatic heterocycles. The van der Waals surface area contributed by atoms with Crippen molar-refractivity contribution in [1.29, 1.82) is 0 Å². The van der Waals surface area contributed by atoms with Crippen LogP contribution in [0.2, 0.25) is 0 Å². The van der Waals surface area contributed by atoms with Gasteiger partial charge in [-0.15, -0.1) is 0 Å². The molecular weight excluding hydrogens is 328 g/mol. The molecule has 2 aliphatic rings. The summed E-state index contributed by atoms with van der Waals surface area (Å²) in [6.45, 7) is 6.33. The van der Waals surface area contributed by atoms with Crippen LogP contribution in [0.1, 0.15) is 31.2 Å². The molecule has 1 aromatic rings. The molecule has 1 aromatic carbocycles. The predicted octanol–water partition coefficient (Wildman–Crippen LogP) is 1.92. The number of likely N-dealkylation sites (tertiary alicyclic amines) is 1. The standard InChI is InChI=1S/C20H30N4O2/c25-19(23-10-5-2-6-11-23)9-12-22-13-15-24(16-14-22)20(26)21-17-18-7-3-1-4-8-18/h1,3-4,7-8H,2,5-6,9-17H2,(H,21,26). The third kappa shape index (κ3) is 5.46. The molecule has 3 rings (SSSR count). The Bertz CT molecular complexity index is 579. The smallest absolute Gasteiger partial charge is 0.317 e. The van der Waals surface area contributed by atoms with Gasteiger partial charge in [0.15, 0.2) is 0 Å². The molecule has 6 heteroatoms. The Morgan fingerprint density at radius 1 is 0.846 bits per heavy atom. The van der Waals surface area contributed by atoms with Crippen LogP contribution in [0.3, 0.4) is 0 Å². The van der Waals surface area contributed by atoms with Crippen LogP contribution >= 0.6 is 0 Å². The number of benzene rings is 1. The number of piperazine rings is 1. The van der Waals surface area contributed by atoms with Crippen LogP contribution in [-0.2, 0) is 11.3 Å². The number of carbonyl (C=O) groups excluding carboxylic acids is 2. The van der Waals surface area contributed by atoms with Gasteiger partial charge in [-0.3, -0.25) is 9.69 Å². The quantitative estimate of drug-likeness (QED) is 0.875. The van der Waals surface area contributed by atoms with Gasteiger partial charge in [-0.1, -0.05) is 30.3 Å². The fraction of sp³-hybridized carbons (Fsp3) is 0.600. The number of hydrogen-bond donors (Lipinski definition) is 1. The van der Waals surface area contributed by atoms with Gasteiger partial charge in [0.2, 0.25) is 5.91 Å². The Hall–Kier alpha value is -2.08. The van der Waals surface area contributed by atoms with Crippen molar-refractivity contribution in [1.82, 2.24) is 20.0 Å². The van der Waals surface area contributed by atoms with Gasteiger partial charge in [0, 0.05) is 58.8 Å². The lowest BCUT2D eigenvalue weighted by molar-refractivity contribution is -0.132. The molecule has 3 amide bonds. The summed E-state index contributed by atoms with van der Waals surface area (Å²) < 4.78 is 0. The van der Waals surface area contributed by atoms with E-state index in [1.165, 1.54) is 6.42 Å². The summed E-state index contributed by atoms with van der Waals surface area (Å²) in [6.07, 6.45) is 4.13. The highest BCUT2D eigenvalue weighted by Gasteiger charge is 2.22. The Morgan fingerprint density at radius 2 is 1.54 bits per heavy atom. The molecule has 2 saturated heterocycles. The van der Waals surface area contributed by atoms with E-state index in [4.69, 9.17) is 0 Å².